The van der Waals surface area contributed by atoms with Crippen LogP contribution in [0.5, 0.6) is 0 Å². The van der Waals surface area contributed by atoms with Crippen LogP contribution in [0.1, 0.15) is 22.6 Å². The quantitative estimate of drug-likeness (QED) is 0.645. The summed E-state index contributed by atoms with van der Waals surface area (Å²) in [7, 11) is 1.54. The number of nitrogens with one attached hydrogen (secondary N) is 1. The average Bonchev–Trinajstić information content (AvgIpc) is 2.56. The summed E-state index contributed by atoms with van der Waals surface area (Å²) < 4.78 is 1.30. The van der Waals surface area contributed by atoms with E-state index in [9.17, 15) is 14.4 Å². The van der Waals surface area contributed by atoms with E-state index in [1.165, 1.54) is 17.8 Å². The number of carbonyl (C=O) groups excluding carboxylic acids is 1. The van der Waals surface area contributed by atoms with Crippen LogP contribution in [0, 0.1) is 6.92 Å². The summed E-state index contributed by atoms with van der Waals surface area (Å²) in [5.74, 6) is -3.37. The molecule has 0 bridgehead atoms. The molecule has 98 valence electrons. The van der Waals surface area contributed by atoms with Crippen molar-refractivity contribution in [3.05, 3.63) is 17.5 Å². The zero-order valence-electron chi connectivity index (χ0n) is 9.88. The average molecular weight is 255 g/mol. The first-order chi connectivity index (χ1) is 8.31. The molecule has 3 N–H and O–H groups in total. The van der Waals surface area contributed by atoms with Crippen LogP contribution in [0.3, 0.4) is 0 Å². The third-order valence-electron chi connectivity index (χ3n) is 2.22. The number of carboxylic acids is 2. The van der Waals surface area contributed by atoms with Crippen molar-refractivity contribution in [1.29, 1.82) is 0 Å². The SMILES string of the molecule is Cc1cc(C(=O)N[C@@H](CC(=O)O)C(=O)O)n(C)n1. The van der Waals surface area contributed by atoms with E-state index in [1.807, 2.05) is 0 Å². The van der Waals surface area contributed by atoms with Crippen LogP contribution in [0.4, 0.5) is 0 Å². The Morgan fingerprint density at radius 3 is 2.44 bits per heavy atom. The van der Waals surface area contributed by atoms with Crippen LogP contribution < -0.4 is 5.32 Å². The summed E-state index contributed by atoms with van der Waals surface area (Å²) in [4.78, 5) is 33.0. The maximum Gasteiger partial charge on any atom is 0.326 e. The van der Waals surface area contributed by atoms with Gasteiger partial charge in [0.2, 0.25) is 0 Å². The van der Waals surface area contributed by atoms with E-state index in [2.05, 4.69) is 10.4 Å². The molecule has 18 heavy (non-hydrogen) atoms. The molecule has 0 aliphatic heterocycles. The Labute approximate surface area is 102 Å². The number of aliphatic carboxylic acids is 2. The lowest BCUT2D eigenvalue weighted by atomic mass is 10.2. The van der Waals surface area contributed by atoms with Crippen LogP contribution >= 0.6 is 0 Å². The van der Waals surface area contributed by atoms with Crippen LogP contribution in [0.2, 0.25) is 0 Å². The van der Waals surface area contributed by atoms with Gasteiger partial charge < -0.3 is 15.5 Å². The maximum absolute atomic E-state index is 11.7. The van der Waals surface area contributed by atoms with Crippen molar-refractivity contribution in [1.82, 2.24) is 15.1 Å². The Morgan fingerprint density at radius 1 is 1.44 bits per heavy atom. The van der Waals surface area contributed by atoms with Crippen molar-refractivity contribution >= 4 is 17.8 Å². The fraction of sp³-hybridized carbons (Fsp3) is 0.400. The molecule has 0 saturated carbocycles. The summed E-state index contributed by atoms with van der Waals surface area (Å²) in [6.07, 6.45) is -0.683. The molecule has 1 atom stereocenters. The first-order valence-corrected chi connectivity index (χ1v) is 5.07. The topological polar surface area (TPSA) is 122 Å². The molecule has 1 rings (SSSR count). The summed E-state index contributed by atoms with van der Waals surface area (Å²) in [5.41, 5.74) is 0.775. The highest BCUT2D eigenvalue weighted by Crippen LogP contribution is 2.03. The summed E-state index contributed by atoms with van der Waals surface area (Å²) in [5, 5.41) is 23.4. The largest absolute Gasteiger partial charge is 0.481 e. The molecular weight excluding hydrogens is 242 g/mol. The highest BCUT2D eigenvalue weighted by atomic mass is 16.4. The summed E-state index contributed by atoms with van der Waals surface area (Å²) in [6.45, 7) is 1.68. The van der Waals surface area contributed by atoms with E-state index < -0.39 is 30.3 Å². The van der Waals surface area contributed by atoms with Gasteiger partial charge in [-0.05, 0) is 13.0 Å². The Bertz CT molecular complexity index is 494. The Kier molecular flexibility index (Phi) is 4.03. The Morgan fingerprint density at radius 2 is 2.06 bits per heavy atom. The van der Waals surface area contributed by atoms with E-state index in [0.717, 1.165) is 0 Å². The summed E-state index contributed by atoms with van der Waals surface area (Å²) >= 11 is 0. The van der Waals surface area contributed by atoms with Gasteiger partial charge in [0, 0.05) is 7.05 Å². The van der Waals surface area contributed by atoms with Gasteiger partial charge in [0.1, 0.15) is 11.7 Å². The molecule has 1 aromatic heterocycles. The number of rotatable bonds is 5. The zero-order chi connectivity index (χ0) is 13.9. The van der Waals surface area contributed by atoms with Crippen molar-refractivity contribution in [2.75, 3.05) is 0 Å². The molecule has 0 aliphatic rings. The van der Waals surface area contributed by atoms with E-state index in [-0.39, 0.29) is 5.69 Å². The van der Waals surface area contributed by atoms with Gasteiger partial charge in [-0.25, -0.2) is 4.79 Å². The predicted molar refractivity (Wildman–Crippen MR) is 59.1 cm³/mol. The number of carbonyl (C=O) groups is 3. The number of hydrogen-bond donors (Lipinski definition) is 3. The molecule has 0 aromatic carbocycles. The molecule has 1 amide bonds. The second-order valence-electron chi connectivity index (χ2n) is 3.76. The zero-order valence-corrected chi connectivity index (χ0v) is 9.88. The fourth-order valence-corrected chi connectivity index (χ4v) is 1.43. The third kappa shape index (κ3) is 3.30. The number of carboxylic acid groups (broad SMARTS) is 2. The maximum atomic E-state index is 11.7. The second-order valence-corrected chi connectivity index (χ2v) is 3.76. The minimum Gasteiger partial charge on any atom is -0.481 e. The normalized spacial score (nSPS) is 11.9. The predicted octanol–water partition coefficient (Wildman–Crippen LogP) is -0.614. The van der Waals surface area contributed by atoms with Gasteiger partial charge in [0.15, 0.2) is 0 Å². The molecule has 8 nitrogen and oxygen atoms in total. The number of nitrogens with zero attached hydrogens (tertiary/aromatic N) is 2. The molecule has 1 heterocycles. The number of hydrogen-bond acceptors (Lipinski definition) is 4. The van der Waals surface area contributed by atoms with Gasteiger partial charge >= 0.3 is 11.9 Å². The lowest BCUT2D eigenvalue weighted by molar-refractivity contribution is -0.145. The lowest BCUT2D eigenvalue weighted by Gasteiger charge is -2.12. The smallest absolute Gasteiger partial charge is 0.326 e. The number of aromatic nitrogens is 2. The van der Waals surface area contributed by atoms with Crippen molar-refractivity contribution in [3.8, 4) is 0 Å². The second kappa shape index (κ2) is 5.30. The molecule has 0 aliphatic carbocycles. The molecule has 0 unspecified atom stereocenters. The van der Waals surface area contributed by atoms with Crippen LogP contribution in [0.25, 0.3) is 0 Å². The van der Waals surface area contributed by atoms with Crippen LogP contribution in [-0.4, -0.2) is 43.9 Å². The van der Waals surface area contributed by atoms with Crippen molar-refractivity contribution < 1.29 is 24.6 Å². The van der Waals surface area contributed by atoms with E-state index in [4.69, 9.17) is 10.2 Å². The minimum atomic E-state index is -1.47. The first kappa shape index (κ1) is 13.7. The van der Waals surface area contributed by atoms with E-state index >= 15 is 0 Å². The van der Waals surface area contributed by atoms with E-state index in [1.54, 1.807) is 6.92 Å². The van der Waals surface area contributed by atoms with Gasteiger partial charge in [-0.2, -0.15) is 5.10 Å². The van der Waals surface area contributed by atoms with Crippen LogP contribution in [0.15, 0.2) is 6.07 Å². The standard InChI is InChI=1S/C10H13N3O5/c1-5-3-7(13(2)12-5)9(16)11-6(10(17)18)4-8(14)15/h3,6H,4H2,1-2H3,(H,11,16)(H,14,15)(H,17,18)/t6-/m0/s1. The van der Waals surface area contributed by atoms with Crippen molar-refractivity contribution in [2.24, 2.45) is 7.05 Å². The van der Waals surface area contributed by atoms with Gasteiger partial charge in [0.25, 0.3) is 5.91 Å². The lowest BCUT2D eigenvalue weighted by Crippen LogP contribution is -2.42. The molecule has 0 radical (unpaired) electrons. The molecule has 1 aromatic rings. The number of amides is 1. The number of aryl methyl sites for hydroxylation is 2. The monoisotopic (exact) mass is 255 g/mol. The van der Waals surface area contributed by atoms with Crippen molar-refractivity contribution in [2.45, 2.75) is 19.4 Å². The highest BCUT2D eigenvalue weighted by Gasteiger charge is 2.24. The third-order valence-corrected chi connectivity index (χ3v) is 2.22. The van der Waals surface area contributed by atoms with Crippen molar-refractivity contribution in [3.63, 3.8) is 0 Å². The molecular formula is C10H13N3O5. The molecule has 8 heteroatoms. The van der Waals surface area contributed by atoms with Gasteiger partial charge in [-0.3, -0.25) is 14.3 Å². The van der Waals surface area contributed by atoms with E-state index in [0.29, 0.717) is 5.69 Å². The highest BCUT2D eigenvalue weighted by molar-refractivity contribution is 5.96. The Hall–Kier alpha value is -2.38. The molecule has 0 spiro atoms. The molecule has 0 saturated heterocycles. The molecule has 0 fully saturated rings. The van der Waals surface area contributed by atoms with Gasteiger partial charge in [-0.15, -0.1) is 0 Å². The first-order valence-electron chi connectivity index (χ1n) is 5.07. The van der Waals surface area contributed by atoms with Gasteiger partial charge in [-0.1, -0.05) is 0 Å². The summed E-state index contributed by atoms with van der Waals surface area (Å²) in [6, 6.07) is 0.0138. The fourth-order valence-electron chi connectivity index (χ4n) is 1.43. The minimum absolute atomic E-state index is 0.170. The van der Waals surface area contributed by atoms with Gasteiger partial charge in [0.05, 0.1) is 12.1 Å². The van der Waals surface area contributed by atoms with Crippen LogP contribution in [-0.2, 0) is 16.6 Å². The Balaban J connectivity index is 2.81.